The summed E-state index contributed by atoms with van der Waals surface area (Å²) in [5.41, 5.74) is 0.959. The van der Waals surface area contributed by atoms with Crippen LogP contribution in [0.1, 0.15) is 0 Å². The highest BCUT2D eigenvalue weighted by atomic mass is 79.9. The van der Waals surface area contributed by atoms with Gasteiger partial charge in [-0.05, 0) is 18.2 Å². The number of nitrogens with one attached hydrogen (secondary N) is 2. The van der Waals surface area contributed by atoms with Crippen LogP contribution in [0.4, 0.5) is 5.69 Å². The van der Waals surface area contributed by atoms with Crippen LogP contribution in [0.5, 0.6) is 0 Å². The van der Waals surface area contributed by atoms with Gasteiger partial charge in [0.1, 0.15) is 0 Å². The molecular weight excluding hydrogens is 324 g/mol. The van der Waals surface area contributed by atoms with Crippen molar-refractivity contribution in [2.45, 2.75) is 0 Å². The number of carbonyl (C=O) groups is 2. The smallest absolute Gasteiger partial charge is 0.311 e. The molecule has 1 aliphatic rings. The Morgan fingerprint density at radius 3 is 2.55 bits per heavy atom. The molecule has 0 saturated heterocycles. The topological polar surface area (TPSA) is 78.4 Å². The minimum absolute atomic E-state index is 0.240. The second-order valence-corrected chi connectivity index (χ2v) is 5.42. The van der Waals surface area contributed by atoms with Crippen molar-refractivity contribution in [1.29, 1.82) is 0 Å². The monoisotopic (exact) mass is 338 g/mol. The molecule has 1 aliphatic carbocycles. The third-order valence-electron chi connectivity index (χ3n) is 3.08. The zero-order valence-electron chi connectivity index (χ0n) is 10.7. The molecule has 2 atom stereocenters. The summed E-state index contributed by atoms with van der Waals surface area (Å²) in [6.07, 6.45) is 3.15. The second-order valence-electron chi connectivity index (χ2n) is 4.50. The number of benzene rings is 1. The van der Waals surface area contributed by atoms with Gasteiger partial charge < -0.3 is 15.7 Å². The maximum Gasteiger partial charge on any atom is 0.311 e. The Kier molecular flexibility index (Phi) is 4.79. The van der Waals surface area contributed by atoms with E-state index < -0.39 is 17.8 Å². The first-order valence-corrected chi connectivity index (χ1v) is 7.05. The summed E-state index contributed by atoms with van der Waals surface area (Å²) >= 11 is 3.38. The molecule has 6 heteroatoms. The van der Waals surface area contributed by atoms with E-state index in [1.54, 1.807) is 6.08 Å². The standard InChI is InChI=1S/C14H15BrN2O3/c15-9-2-1-3-10(8-9)16-6-7-17-13(18)11-4-5-12(11)14(19)20/h1-5,8,11-12,16H,6-7H2,(H,17,18)(H,19,20)/t11-,12+/m0/s1. The van der Waals surface area contributed by atoms with Crippen LogP contribution in [0, 0.1) is 11.8 Å². The minimum atomic E-state index is -0.958. The Morgan fingerprint density at radius 2 is 1.95 bits per heavy atom. The predicted octanol–water partition coefficient (Wildman–Crippen LogP) is 1.86. The third-order valence-corrected chi connectivity index (χ3v) is 3.57. The molecule has 3 N–H and O–H groups in total. The molecule has 0 radical (unpaired) electrons. The van der Waals surface area contributed by atoms with Crippen molar-refractivity contribution >= 4 is 33.5 Å². The molecule has 0 unspecified atom stereocenters. The second kappa shape index (κ2) is 6.56. The van der Waals surface area contributed by atoms with Gasteiger partial charge in [0, 0.05) is 23.2 Å². The van der Waals surface area contributed by atoms with E-state index in [0.717, 1.165) is 10.2 Å². The zero-order chi connectivity index (χ0) is 14.5. The van der Waals surface area contributed by atoms with E-state index in [0.29, 0.717) is 13.1 Å². The molecule has 20 heavy (non-hydrogen) atoms. The van der Waals surface area contributed by atoms with Gasteiger partial charge in [-0.15, -0.1) is 0 Å². The molecule has 0 aromatic heterocycles. The molecule has 0 heterocycles. The summed E-state index contributed by atoms with van der Waals surface area (Å²) in [5.74, 6) is -2.43. The summed E-state index contributed by atoms with van der Waals surface area (Å²) in [6, 6.07) is 7.72. The number of rotatable bonds is 6. The highest BCUT2D eigenvalue weighted by Gasteiger charge is 2.35. The molecular formula is C14H15BrN2O3. The van der Waals surface area contributed by atoms with E-state index >= 15 is 0 Å². The molecule has 2 rings (SSSR count). The molecule has 0 fully saturated rings. The lowest BCUT2D eigenvalue weighted by molar-refractivity contribution is -0.145. The van der Waals surface area contributed by atoms with Crippen LogP contribution in [-0.2, 0) is 9.59 Å². The number of amides is 1. The van der Waals surface area contributed by atoms with Crippen molar-refractivity contribution in [3.8, 4) is 0 Å². The fraction of sp³-hybridized carbons (Fsp3) is 0.286. The van der Waals surface area contributed by atoms with Gasteiger partial charge in [-0.3, -0.25) is 9.59 Å². The first-order chi connectivity index (χ1) is 9.58. The highest BCUT2D eigenvalue weighted by molar-refractivity contribution is 9.10. The zero-order valence-corrected chi connectivity index (χ0v) is 12.3. The first-order valence-electron chi connectivity index (χ1n) is 6.26. The summed E-state index contributed by atoms with van der Waals surface area (Å²) in [5, 5.41) is 14.7. The minimum Gasteiger partial charge on any atom is -0.481 e. The number of carboxylic acid groups (broad SMARTS) is 1. The molecule has 0 spiro atoms. The van der Waals surface area contributed by atoms with Crippen molar-refractivity contribution in [3.05, 3.63) is 40.9 Å². The third kappa shape index (κ3) is 3.60. The van der Waals surface area contributed by atoms with Gasteiger partial charge in [0.05, 0.1) is 11.8 Å². The number of aliphatic carboxylic acids is 1. The van der Waals surface area contributed by atoms with Gasteiger partial charge in [0.25, 0.3) is 0 Å². The number of anilines is 1. The van der Waals surface area contributed by atoms with Crippen LogP contribution in [-0.4, -0.2) is 30.1 Å². The summed E-state index contributed by atoms with van der Waals surface area (Å²) in [4.78, 5) is 22.5. The van der Waals surface area contributed by atoms with Crippen LogP contribution in [0.15, 0.2) is 40.9 Å². The molecule has 1 amide bonds. The lowest BCUT2D eigenvalue weighted by Gasteiger charge is -2.24. The first kappa shape index (κ1) is 14.6. The lowest BCUT2D eigenvalue weighted by Crippen LogP contribution is -2.41. The van der Waals surface area contributed by atoms with E-state index in [1.165, 1.54) is 6.08 Å². The van der Waals surface area contributed by atoms with E-state index in [2.05, 4.69) is 26.6 Å². The van der Waals surface area contributed by atoms with Crippen LogP contribution in [0.2, 0.25) is 0 Å². The normalized spacial score (nSPS) is 20.1. The fourth-order valence-electron chi connectivity index (χ4n) is 1.93. The van der Waals surface area contributed by atoms with Crippen molar-refractivity contribution in [2.75, 3.05) is 18.4 Å². The van der Waals surface area contributed by atoms with Crippen molar-refractivity contribution < 1.29 is 14.7 Å². The van der Waals surface area contributed by atoms with E-state index in [-0.39, 0.29) is 5.91 Å². The van der Waals surface area contributed by atoms with Crippen LogP contribution in [0.3, 0.4) is 0 Å². The van der Waals surface area contributed by atoms with Gasteiger partial charge in [-0.2, -0.15) is 0 Å². The van der Waals surface area contributed by atoms with E-state index in [4.69, 9.17) is 5.11 Å². The van der Waals surface area contributed by atoms with E-state index in [1.807, 2.05) is 24.3 Å². The number of hydrogen-bond donors (Lipinski definition) is 3. The SMILES string of the molecule is O=C(NCCNc1cccc(Br)c1)[C@H]1C=C[C@H]1C(=O)O. The number of carboxylic acids is 1. The van der Waals surface area contributed by atoms with Gasteiger partial charge in [0.2, 0.25) is 5.91 Å². The predicted molar refractivity (Wildman–Crippen MR) is 79.4 cm³/mol. The Hall–Kier alpha value is -1.82. The summed E-state index contributed by atoms with van der Waals surface area (Å²) in [7, 11) is 0. The molecule has 106 valence electrons. The Labute approximate surface area is 125 Å². The highest BCUT2D eigenvalue weighted by Crippen LogP contribution is 2.25. The lowest BCUT2D eigenvalue weighted by atomic mass is 9.81. The maximum absolute atomic E-state index is 11.7. The Balaban J connectivity index is 1.70. The average Bonchev–Trinajstić information content (AvgIpc) is 2.32. The molecule has 0 bridgehead atoms. The van der Waals surface area contributed by atoms with Crippen LogP contribution < -0.4 is 10.6 Å². The molecule has 0 saturated carbocycles. The van der Waals surface area contributed by atoms with Gasteiger partial charge in [-0.25, -0.2) is 0 Å². The Morgan fingerprint density at radius 1 is 1.20 bits per heavy atom. The number of halogens is 1. The fourth-order valence-corrected chi connectivity index (χ4v) is 2.33. The van der Waals surface area contributed by atoms with Gasteiger partial charge in [0.15, 0.2) is 0 Å². The largest absolute Gasteiger partial charge is 0.481 e. The van der Waals surface area contributed by atoms with E-state index in [9.17, 15) is 9.59 Å². The van der Waals surface area contributed by atoms with Crippen molar-refractivity contribution in [1.82, 2.24) is 5.32 Å². The molecule has 0 aliphatic heterocycles. The van der Waals surface area contributed by atoms with Gasteiger partial charge in [-0.1, -0.05) is 34.1 Å². The summed E-state index contributed by atoms with van der Waals surface area (Å²) in [6.45, 7) is 1.03. The summed E-state index contributed by atoms with van der Waals surface area (Å²) < 4.78 is 0.982. The van der Waals surface area contributed by atoms with Gasteiger partial charge >= 0.3 is 5.97 Å². The molecule has 1 aromatic carbocycles. The van der Waals surface area contributed by atoms with Crippen molar-refractivity contribution in [2.24, 2.45) is 11.8 Å². The molecule has 5 nitrogen and oxygen atoms in total. The van der Waals surface area contributed by atoms with Crippen LogP contribution >= 0.6 is 15.9 Å². The quantitative estimate of drug-likeness (QED) is 0.546. The van der Waals surface area contributed by atoms with Crippen molar-refractivity contribution in [3.63, 3.8) is 0 Å². The van der Waals surface area contributed by atoms with Crippen LogP contribution in [0.25, 0.3) is 0 Å². The average molecular weight is 339 g/mol. The Bertz CT molecular complexity index is 545. The number of hydrogen-bond acceptors (Lipinski definition) is 3. The number of carbonyl (C=O) groups excluding carboxylic acids is 1. The molecule has 1 aromatic rings. The maximum atomic E-state index is 11.7.